The third-order valence-corrected chi connectivity index (χ3v) is 4.60. The van der Waals surface area contributed by atoms with Gasteiger partial charge in [-0.25, -0.2) is 4.68 Å². The summed E-state index contributed by atoms with van der Waals surface area (Å²) in [4.78, 5) is 0. The number of aryl methyl sites for hydroxylation is 2. The molecule has 3 nitrogen and oxygen atoms in total. The van der Waals surface area contributed by atoms with E-state index in [1.165, 1.54) is 5.56 Å². The highest BCUT2D eigenvalue weighted by atomic mass is 16.3. The summed E-state index contributed by atoms with van der Waals surface area (Å²) in [5.41, 5.74) is 6.84. The summed E-state index contributed by atoms with van der Waals surface area (Å²) in [5.74, 6) is 0.0379. The molecule has 0 aliphatic carbocycles. The van der Waals surface area contributed by atoms with Crippen LogP contribution >= 0.6 is 0 Å². The molecular weight excluding hydrogens is 320 g/mol. The van der Waals surface area contributed by atoms with E-state index in [0.717, 1.165) is 33.6 Å². The first-order chi connectivity index (χ1) is 12.6. The molecule has 0 fully saturated rings. The smallest absolute Gasteiger partial charge is 0.239 e. The van der Waals surface area contributed by atoms with Crippen molar-refractivity contribution in [3.63, 3.8) is 0 Å². The molecule has 0 spiro atoms. The molecule has 3 heteroatoms. The molecule has 0 bridgehead atoms. The lowest BCUT2D eigenvalue weighted by molar-refractivity contribution is 0.449. The molecule has 0 amide bonds. The Bertz CT molecular complexity index is 1050. The second kappa shape index (κ2) is 6.52. The molecule has 26 heavy (non-hydrogen) atoms. The van der Waals surface area contributed by atoms with Gasteiger partial charge in [-0.2, -0.15) is 0 Å². The molecule has 4 rings (SSSR count). The molecule has 0 saturated carbocycles. The molecule has 0 saturated heterocycles. The third kappa shape index (κ3) is 2.78. The molecule has 0 atom stereocenters. The van der Waals surface area contributed by atoms with Crippen molar-refractivity contribution in [1.82, 2.24) is 9.78 Å². The molecular formula is C23H20N2O. The Kier molecular flexibility index (Phi) is 4.05. The van der Waals surface area contributed by atoms with Gasteiger partial charge >= 0.3 is 0 Å². The highest BCUT2D eigenvalue weighted by Crippen LogP contribution is 2.40. The Balaban J connectivity index is 2.04. The molecule has 128 valence electrons. The van der Waals surface area contributed by atoms with Gasteiger partial charge in [0.2, 0.25) is 5.88 Å². The van der Waals surface area contributed by atoms with Crippen molar-refractivity contribution in [3.05, 3.63) is 90.0 Å². The molecule has 4 aromatic rings. The Morgan fingerprint density at radius 1 is 0.731 bits per heavy atom. The maximum absolute atomic E-state index is 10.7. The van der Waals surface area contributed by atoms with Crippen molar-refractivity contribution in [1.29, 1.82) is 0 Å². The summed E-state index contributed by atoms with van der Waals surface area (Å²) in [7, 11) is 0. The van der Waals surface area contributed by atoms with Crippen LogP contribution in [0.1, 0.15) is 11.1 Å². The number of hydrogen-bond acceptors (Lipinski definition) is 2. The number of rotatable bonds is 3. The maximum Gasteiger partial charge on any atom is 0.239 e. The number of benzene rings is 3. The highest BCUT2D eigenvalue weighted by Gasteiger charge is 2.22. The lowest BCUT2D eigenvalue weighted by atomic mass is 10.00. The Labute approximate surface area is 153 Å². The van der Waals surface area contributed by atoms with Crippen LogP contribution in [0.3, 0.4) is 0 Å². The summed E-state index contributed by atoms with van der Waals surface area (Å²) in [6, 6.07) is 26.3. The van der Waals surface area contributed by atoms with Crippen LogP contribution in [-0.2, 0) is 0 Å². The third-order valence-electron chi connectivity index (χ3n) is 4.60. The lowest BCUT2D eigenvalue weighted by Crippen LogP contribution is -2.01. The number of aromatic nitrogens is 2. The second-order valence-corrected chi connectivity index (χ2v) is 6.48. The van der Waals surface area contributed by atoms with Gasteiger partial charge in [0.05, 0.1) is 16.9 Å². The van der Waals surface area contributed by atoms with E-state index in [1.807, 2.05) is 78.3 Å². The van der Waals surface area contributed by atoms with Gasteiger partial charge in [0.15, 0.2) is 0 Å². The van der Waals surface area contributed by atoms with Gasteiger partial charge in [-0.05, 0) is 31.0 Å². The van der Waals surface area contributed by atoms with Crippen LogP contribution in [0.25, 0.3) is 28.1 Å². The maximum atomic E-state index is 10.7. The molecule has 0 aliphatic rings. The standard InChI is InChI=1S/C23H20N2O/c1-16-12-14-18(15-13-16)21-22(19-9-4-3-5-10-19)25(24-23(21)26)20-11-7-6-8-17(20)2/h3-15H,1-2H3,(H,24,26). The fraction of sp³-hybridized carbons (Fsp3) is 0.0870. The molecule has 0 radical (unpaired) electrons. The predicted octanol–water partition coefficient (Wildman–Crippen LogP) is 5.53. The zero-order valence-electron chi connectivity index (χ0n) is 14.8. The molecule has 1 heterocycles. The van der Waals surface area contributed by atoms with Gasteiger partial charge in [-0.15, -0.1) is 5.10 Å². The van der Waals surface area contributed by atoms with Crippen LogP contribution in [0.4, 0.5) is 0 Å². The van der Waals surface area contributed by atoms with Crippen molar-refractivity contribution in [2.45, 2.75) is 13.8 Å². The molecule has 0 aliphatic heterocycles. The van der Waals surface area contributed by atoms with Crippen LogP contribution in [0, 0.1) is 13.8 Å². The lowest BCUT2D eigenvalue weighted by Gasteiger charge is -2.12. The normalized spacial score (nSPS) is 10.8. The van der Waals surface area contributed by atoms with E-state index in [4.69, 9.17) is 0 Å². The van der Waals surface area contributed by atoms with E-state index < -0.39 is 0 Å². The van der Waals surface area contributed by atoms with E-state index in [1.54, 1.807) is 0 Å². The van der Waals surface area contributed by atoms with E-state index >= 15 is 0 Å². The Hall–Kier alpha value is -3.33. The Morgan fingerprint density at radius 2 is 1.38 bits per heavy atom. The van der Waals surface area contributed by atoms with E-state index in [-0.39, 0.29) is 5.88 Å². The number of nitrogens with zero attached hydrogens (tertiary/aromatic N) is 2. The first-order valence-electron chi connectivity index (χ1n) is 8.65. The monoisotopic (exact) mass is 340 g/mol. The van der Waals surface area contributed by atoms with E-state index in [0.29, 0.717) is 0 Å². The van der Waals surface area contributed by atoms with Crippen molar-refractivity contribution in [2.75, 3.05) is 0 Å². The zero-order valence-corrected chi connectivity index (χ0v) is 14.8. The van der Waals surface area contributed by atoms with Gasteiger partial charge in [0, 0.05) is 5.56 Å². The van der Waals surface area contributed by atoms with Crippen LogP contribution in [0.2, 0.25) is 0 Å². The van der Waals surface area contributed by atoms with Crippen LogP contribution in [-0.4, -0.2) is 14.9 Å². The van der Waals surface area contributed by atoms with Crippen molar-refractivity contribution in [2.24, 2.45) is 0 Å². The van der Waals surface area contributed by atoms with Crippen molar-refractivity contribution >= 4 is 0 Å². The van der Waals surface area contributed by atoms with E-state index in [2.05, 4.69) is 24.2 Å². The molecule has 1 aromatic heterocycles. The fourth-order valence-electron chi connectivity index (χ4n) is 3.23. The number of hydrogen-bond donors (Lipinski definition) is 1. The van der Waals surface area contributed by atoms with Crippen LogP contribution in [0.15, 0.2) is 78.9 Å². The topological polar surface area (TPSA) is 38.1 Å². The minimum atomic E-state index is 0.0379. The summed E-state index contributed by atoms with van der Waals surface area (Å²) in [6.07, 6.45) is 0. The quantitative estimate of drug-likeness (QED) is 0.532. The summed E-state index contributed by atoms with van der Waals surface area (Å²) in [6.45, 7) is 4.10. The van der Waals surface area contributed by atoms with Gasteiger partial charge in [-0.1, -0.05) is 78.4 Å². The first kappa shape index (κ1) is 16.2. The average Bonchev–Trinajstić information content (AvgIpc) is 3.00. The van der Waals surface area contributed by atoms with E-state index in [9.17, 15) is 5.11 Å². The number of aromatic hydroxyl groups is 1. The zero-order chi connectivity index (χ0) is 18.1. The largest absolute Gasteiger partial charge is 0.492 e. The van der Waals surface area contributed by atoms with Crippen LogP contribution < -0.4 is 0 Å². The molecule has 3 aromatic carbocycles. The molecule has 1 N–H and O–H groups in total. The number of para-hydroxylation sites is 1. The first-order valence-corrected chi connectivity index (χ1v) is 8.65. The van der Waals surface area contributed by atoms with Gasteiger partial charge in [0.25, 0.3) is 0 Å². The minimum Gasteiger partial charge on any atom is -0.492 e. The minimum absolute atomic E-state index is 0.0379. The SMILES string of the molecule is Cc1ccc(-c2c(O)nn(-c3ccccc3C)c2-c2ccccc2)cc1. The summed E-state index contributed by atoms with van der Waals surface area (Å²) >= 11 is 0. The second-order valence-electron chi connectivity index (χ2n) is 6.48. The summed E-state index contributed by atoms with van der Waals surface area (Å²) in [5, 5.41) is 15.2. The van der Waals surface area contributed by atoms with Gasteiger partial charge in [0.1, 0.15) is 0 Å². The summed E-state index contributed by atoms with van der Waals surface area (Å²) < 4.78 is 1.84. The highest BCUT2D eigenvalue weighted by molar-refractivity contribution is 5.86. The molecule has 0 unspecified atom stereocenters. The fourth-order valence-corrected chi connectivity index (χ4v) is 3.23. The average molecular weight is 340 g/mol. The van der Waals surface area contributed by atoms with Crippen LogP contribution in [0.5, 0.6) is 5.88 Å². The predicted molar refractivity (Wildman–Crippen MR) is 106 cm³/mol. The van der Waals surface area contributed by atoms with Gasteiger partial charge < -0.3 is 5.11 Å². The van der Waals surface area contributed by atoms with Crippen molar-refractivity contribution in [3.8, 4) is 34.0 Å². The van der Waals surface area contributed by atoms with Crippen molar-refractivity contribution < 1.29 is 5.11 Å². The van der Waals surface area contributed by atoms with Gasteiger partial charge in [-0.3, -0.25) is 0 Å². The Morgan fingerprint density at radius 3 is 2.08 bits per heavy atom.